The van der Waals surface area contributed by atoms with Gasteiger partial charge in [0.05, 0.1) is 13.5 Å². The minimum atomic E-state index is -0.773. The number of fused-ring (bicyclic) bond motifs is 1. The SMILES string of the molecule is COC(=O)[C@H](CC(C)C)NC(=O)COC(=O)Cc1noc2ccccc12. The van der Waals surface area contributed by atoms with Gasteiger partial charge in [-0.3, -0.25) is 9.59 Å². The van der Waals surface area contributed by atoms with Gasteiger partial charge in [0.1, 0.15) is 11.7 Å². The van der Waals surface area contributed by atoms with E-state index in [-0.39, 0.29) is 12.3 Å². The van der Waals surface area contributed by atoms with Crippen molar-refractivity contribution >= 4 is 28.8 Å². The second-order valence-electron chi connectivity index (χ2n) is 6.24. The second kappa shape index (κ2) is 8.98. The molecule has 1 aromatic carbocycles. The summed E-state index contributed by atoms with van der Waals surface area (Å²) in [6, 6.07) is 6.37. The van der Waals surface area contributed by atoms with Gasteiger partial charge >= 0.3 is 11.9 Å². The lowest BCUT2D eigenvalue weighted by atomic mass is 10.0. The van der Waals surface area contributed by atoms with Crippen LogP contribution in [-0.4, -0.2) is 42.8 Å². The van der Waals surface area contributed by atoms with Crippen molar-refractivity contribution in [1.82, 2.24) is 10.5 Å². The molecule has 2 rings (SSSR count). The zero-order valence-electron chi connectivity index (χ0n) is 15.0. The van der Waals surface area contributed by atoms with Crippen LogP contribution < -0.4 is 5.32 Å². The molecule has 0 aliphatic rings. The summed E-state index contributed by atoms with van der Waals surface area (Å²) in [5.74, 6) is -1.54. The maximum absolute atomic E-state index is 11.9. The second-order valence-corrected chi connectivity index (χ2v) is 6.24. The van der Waals surface area contributed by atoms with Crippen LogP contribution in [0.25, 0.3) is 11.0 Å². The molecule has 0 aliphatic carbocycles. The van der Waals surface area contributed by atoms with Crippen molar-refractivity contribution < 1.29 is 28.4 Å². The van der Waals surface area contributed by atoms with Gasteiger partial charge in [0.2, 0.25) is 0 Å². The highest BCUT2D eigenvalue weighted by molar-refractivity contribution is 5.87. The third-order valence-corrected chi connectivity index (χ3v) is 3.66. The van der Waals surface area contributed by atoms with E-state index in [0.717, 1.165) is 5.39 Å². The number of nitrogens with one attached hydrogen (secondary N) is 1. The summed E-state index contributed by atoms with van der Waals surface area (Å²) in [7, 11) is 1.25. The molecule has 1 atom stereocenters. The highest BCUT2D eigenvalue weighted by atomic mass is 16.5. The minimum absolute atomic E-state index is 0.114. The van der Waals surface area contributed by atoms with Gasteiger partial charge in [-0.25, -0.2) is 4.79 Å². The van der Waals surface area contributed by atoms with Crippen molar-refractivity contribution in [1.29, 1.82) is 0 Å². The Hall–Kier alpha value is -2.90. The Morgan fingerprint density at radius 1 is 1.23 bits per heavy atom. The summed E-state index contributed by atoms with van der Waals surface area (Å²) >= 11 is 0. The molecule has 26 heavy (non-hydrogen) atoms. The number of hydrogen-bond donors (Lipinski definition) is 1. The van der Waals surface area contributed by atoms with Gasteiger partial charge in [0, 0.05) is 5.39 Å². The van der Waals surface area contributed by atoms with Crippen LogP contribution >= 0.6 is 0 Å². The minimum Gasteiger partial charge on any atom is -0.467 e. The van der Waals surface area contributed by atoms with Crippen LogP contribution in [0.4, 0.5) is 0 Å². The fraction of sp³-hybridized carbons (Fsp3) is 0.444. The van der Waals surface area contributed by atoms with Crippen molar-refractivity contribution in [3.63, 3.8) is 0 Å². The number of hydrogen-bond acceptors (Lipinski definition) is 7. The highest BCUT2D eigenvalue weighted by Gasteiger charge is 2.23. The number of carbonyl (C=O) groups excluding carboxylic acids is 3. The lowest BCUT2D eigenvalue weighted by Crippen LogP contribution is -2.44. The number of nitrogens with zero attached hydrogens (tertiary/aromatic N) is 1. The zero-order chi connectivity index (χ0) is 19.1. The third kappa shape index (κ3) is 5.30. The summed E-state index contributed by atoms with van der Waals surface area (Å²) in [4.78, 5) is 35.6. The van der Waals surface area contributed by atoms with Crippen LogP contribution in [0.15, 0.2) is 28.8 Å². The van der Waals surface area contributed by atoms with E-state index in [9.17, 15) is 14.4 Å². The lowest BCUT2D eigenvalue weighted by molar-refractivity contribution is -0.150. The monoisotopic (exact) mass is 362 g/mol. The van der Waals surface area contributed by atoms with Gasteiger partial charge in [0.25, 0.3) is 5.91 Å². The van der Waals surface area contributed by atoms with Crippen molar-refractivity contribution in [2.24, 2.45) is 5.92 Å². The van der Waals surface area contributed by atoms with Gasteiger partial charge in [-0.2, -0.15) is 0 Å². The molecule has 0 unspecified atom stereocenters. The molecule has 8 nitrogen and oxygen atoms in total. The average molecular weight is 362 g/mol. The first-order valence-electron chi connectivity index (χ1n) is 8.26. The number of aromatic nitrogens is 1. The molecule has 0 radical (unpaired) electrons. The standard InChI is InChI=1S/C18H22N2O6/c1-11(2)8-14(18(23)24-3)19-16(21)10-25-17(22)9-13-12-6-4-5-7-15(12)26-20-13/h4-7,11,14H,8-10H2,1-3H3,(H,19,21)/t14-/m0/s1. The van der Waals surface area contributed by atoms with Crippen LogP contribution in [0.1, 0.15) is 26.0 Å². The van der Waals surface area contributed by atoms with Gasteiger partial charge in [-0.1, -0.05) is 31.1 Å². The summed E-state index contributed by atoms with van der Waals surface area (Å²) in [5, 5.41) is 7.08. The number of methoxy groups -OCH3 is 1. The maximum atomic E-state index is 11.9. The quantitative estimate of drug-likeness (QED) is 0.711. The molecule has 0 saturated carbocycles. The Labute approximate surface area is 150 Å². The number of para-hydroxylation sites is 1. The molecule has 0 aliphatic heterocycles. The summed E-state index contributed by atoms with van der Waals surface area (Å²) in [5.41, 5.74) is 1.01. The number of benzene rings is 1. The first kappa shape index (κ1) is 19.4. The topological polar surface area (TPSA) is 108 Å². The molecule has 0 spiro atoms. The molecule has 1 N–H and O–H groups in total. The Bertz CT molecular complexity index is 783. The molecule has 140 valence electrons. The summed E-state index contributed by atoms with van der Waals surface area (Å²) < 4.78 is 14.7. The highest BCUT2D eigenvalue weighted by Crippen LogP contribution is 2.18. The van der Waals surface area contributed by atoms with Crippen LogP contribution in [0, 0.1) is 5.92 Å². The first-order chi connectivity index (χ1) is 12.4. The van der Waals surface area contributed by atoms with E-state index >= 15 is 0 Å². The Kier molecular flexibility index (Phi) is 6.71. The summed E-state index contributed by atoms with van der Waals surface area (Å²) in [6.07, 6.45) is 0.313. The van der Waals surface area contributed by atoms with E-state index < -0.39 is 30.5 Å². The molecule has 1 aromatic heterocycles. The zero-order valence-corrected chi connectivity index (χ0v) is 15.0. The fourth-order valence-electron chi connectivity index (χ4n) is 2.46. The average Bonchev–Trinajstić information content (AvgIpc) is 3.01. The molecule has 0 fully saturated rings. The van der Waals surface area contributed by atoms with E-state index in [4.69, 9.17) is 9.26 Å². The fourth-order valence-corrected chi connectivity index (χ4v) is 2.46. The number of rotatable bonds is 8. The maximum Gasteiger partial charge on any atom is 0.328 e. The third-order valence-electron chi connectivity index (χ3n) is 3.66. The predicted octanol–water partition coefficient (Wildman–Crippen LogP) is 1.62. The van der Waals surface area contributed by atoms with Crippen LogP contribution in [0.5, 0.6) is 0 Å². The van der Waals surface area contributed by atoms with Gasteiger partial charge in [-0.05, 0) is 24.5 Å². The normalized spacial score (nSPS) is 12.0. The van der Waals surface area contributed by atoms with Crippen LogP contribution in [0.3, 0.4) is 0 Å². The molecule has 2 aromatic rings. The van der Waals surface area contributed by atoms with Crippen molar-refractivity contribution in [2.45, 2.75) is 32.7 Å². The van der Waals surface area contributed by atoms with Crippen molar-refractivity contribution in [3.05, 3.63) is 30.0 Å². The molecule has 0 saturated heterocycles. The van der Waals surface area contributed by atoms with Crippen LogP contribution in [0.2, 0.25) is 0 Å². The van der Waals surface area contributed by atoms with E-state index in [2.05, 4.69) is 15.2 Å². The van der Waals surface area contributed by atoms with Crippen molar-refractivity contribution in [2.75, 3.05) is 13.7 Å². The van der Waals surface area contributed by atoms with E-state index in [1.165, 1.54) is 7.11 Å². The molecular weight excluding hydrogens is 340 g/mol. The first-order valence-corrected chi connectivity index (χ1v) is 8.26. The number of ether oxygens (including phenoxy) is 2. The molecule has 1 heterocycles. The Morgan fingerprint density at radius 2 is 1.96 bits per heavy atom. The smallest absolute Gasteiger partial charge is 0.328 e. The summed E-state index contributed by atoms with van der Waals surface area (Å²) in [6.45, 7) is 3.36. The predicted molar refractivity (Wildman–Crippen MR) is 92.1 cm³/mol. The van der Waals surface area contributed by atoms with Gasteiger partial charge < -0.3 is 19.3 Å². The molecule has 8 heteroatoms. The van der Waals surface area contributed by atoms with Gasteiger partial charge in [0.15, 0.2) is 12.2 Å². The van der Waals surface area contributed by atoms with E-state index in [1.54, 1.807) is 18.2 Å². The van der Waals surface area contributed by atoms with E-state index in [0.29, 0.717) is 17.7 Å². The Balaban J connectivity index is 1.86. The van der Waals surface area contributed by atoms with Crippen molar-refractivity contribution in [3.8, 4) is 0 Å². The van der Waals surface area contributed by atoms with Gasteiger partial charge in [-0.15, -0.1) is 0 Å². The van der Waals surface area contributed by atoms with Crippen LogP contribution in [-0.2, 0) is 30.3 Å². The van der Waals surface area contributed by atoms with E-state index in [1.807, 2.05) is 19.9 Å². The Morgan fingerprint density at radius 3 is 2.65 bits per heavy atom. The molecular formula is C18H22N2O6. The molecule has 1 amide bonds. The number of amides is 1. The lowest BCUT2D eigenvalue weighted by Gasteiger charge is -2.18. The molecule has 0 bridgehead atoms. The largest absolute Gasteiger partial charge is 0.467 e. The number of esters is 2. The number of carbonyl (C=O) groups is 3.